The third kappa shape index (κ3) is 7.39. The van der Waals surface area contributed by atoms with Crippen LogP contribution in [0.25, 0.3) is 11.8 Å². The minimum atomic E-state index is -3.66. The number of aliphatic imine (C=N–C) groups is 1. The molecule has 28 heavy (non-hydrogen) atoms. The van der Waals surface area contributed by atoms with Crippen LogP contribution in [0.15, 0.2) is 58.8 Å². The fourth-order valence-corrected chi connectivity index (χ4v) is 1.87. The molecule has 0 saturated heterocycles. The van der Waals surface area contributed by atoms with Gasteiger partial charge in [-0.05, 0) is 37.3 Å². The van der Waals surface area contributed by atoms with Gasteiger partial charge in [0.2, 0.25) is 5.96 Å². The van der Waals surface area contributed by atoms with E-state index >= 15 is 0 Å². The van der Waals surface area contributed by atoms with E-state index in [2.05, 4.69) is 10.1 Å². The molecule has 0 saturated carbocycles. The molecular weight excluding hydrogens is 388 g/mol. The lowest BCUT2D eigenvalue weighted by atomic mass is 10.2. The summed E-state index contributed by atoms with van der Waals surface area (Å²) < 4.78 is 28.6. The Bertz CT molecular complexity index is 994. The lowest BCUT2D eigenvalue weighted by Crippen LogP contribution is -2.10. The molecule has 1 heterocycles. The van der Waals surface area contributed by atoms with Gasteiger partial charge in [0.15, 0.2) is 0 Å². The van der Waals surface area contributed by atoms with Gasteiger partial charge in [-0.3, -0.25) is 14.7 Å². The van der Waals surface area contributed by atoms with Crippen LogP contribution in [-0.4, -0.2) is 40.4 Å². The average Bonchev–Trinajstić information content (AvgIpc) is 3.13. The van der Waals surface area contributed by atoms with E-state index in [4.69, 9.17) is 16.1 Å². The van der Waals surface area contributed by atoms with E-state index in [-0.39, 0.29) is 17.4 Å². The molecule has 5 N–H and O–H groups in total. The number of nitro groups is 1. The average molecular weight is 408 g/mol. The van der Waals surface area contributed by atoms with Crippen LogP contribution in [0.2, 0.25) is 0 Å². The summed E-state index contributed by atoms with van der Waals surface area (Å²) in [7, 11) is -3.66. The van der Waals surface area contributed by atoms with Gasteiger partial charge in [-0.15, -0.1) is 5.10 Å². The summed E-state index contributed by atoms with van der Waals surface area (Å²) in [6.45, 7) is 1.37. The number of hydrazone groups is 1. The first-order valence-corrected chi connectivity index (χ1v) is 9.41. The fourth-order valence-electron chi connectivity index (χ4n) is 1.87. The number of nitro benzene ring substituents is 1. The van der Waals surface area contributed by atoms with Crippen LogP contribution in [0, 0.1) is 10.1 Å². The van der Waals surface area contributed by atoms with Crippen molar-refractivity contribution < 1.29 is 17.9 Å². The smallest absolute Gasteiger partial charge is 0.293 e. The SMILES string of the molecule is CCS(=O)(=O)O.NN=C(N)N=CC=Cc1cccn1-c1ccccc1[N+](=O)[O-]. The van der Waals surface area contributed by atoms with E-state index < -0.39 is 15.0 Å². The summed E-state index contributed by atoms with van der Waals surface area (Å²) in [5.74, 6) is 4.71. The van der Waals surface area contributed by atoms with E-state index in [1.807, 2.05) is 6.07 Å². The first-order chi connectivity index (χ1) is 13.2. The summed E-state index contributed by atoms with van der Waals surface area (Å²) in [6, 6.07) is 10.1. The molecule has 0 bridgehead atoms. The predicted molar refractivity (Wildman–Crippen MR) is 108 cm³/mol. The van der Waals surface area contributed by atoms with E-state index in [1.165, 1.54) is 19.2 Å². The van der Waals surface area contributed by atoms with Gasteiger partial charge in [0.1, 0.15) is 5.69 Å². The Balaban J connectivity index is 0.000000568. The first-order valence-electron chi connectivity index (χ1n) is 7.80. The minimum Gasteiger partial charge on any atom is -0.367 e. The van der Waals surface area contributed by atoms with Crippen LogP contribution in [0.5, 0.6) is 0 Å². The van der Waals surface area contributed by atoms with Crippen molar-refractivity contribution in [3.63, 3.8) is 0 Å². The Labute approximate surface area is 161 Å². The van der Waals surface area contributed by atoms with Crippen LogP contribution < -0.4 is 11.6 Å². The zero-order valence-corrected chi connectivity index (χ0v) is 15.7. The number of hydrogen-bond donors (Lipinski definition) is 3. The van der Waals surface area contributed by atoms with Crippen molar-refractivity contribution >= 4 is 34.1 Å². The lowest BCUT2D eigenvalue weighted by Gasteiger charge is -2.06. The van der Waals surface area contributed by atoms with Crippen molar-refractivity contribution in [2.75, 3.05) is 5.75 Å². The number of guanidine groups is 1. The molecule has 1 aromatic heterocycles. The molecule has 0 radical (unpaired) electrons. The van der Waals surface area contributed by atoms with Crippen LogP contribution in [-0.2, 0) is 10.1 Å². The molecule has 0 aliphatic heterocycles. The summed E-state index contributed by atoms with van der Waals surface area (Å²) >= 11 is 0. The van der Waals surface area contributed by atoms with E-state index in [1.54, 1.807) is 47.2 Å². The van der Waals surface area contributed by atoms with Crippen LogP contribution in [0.4, 0.5) is 5.69 Å². The molecule has 11 nitrogen and oxygen atoms in total. The Kier molecular flexibility index (Phi) is 8.52. The lowest BCUT2D eigenvalue weighted by molar-refractivity contribution is -0.384. The molecule has 0 amide bonds. The van der Waals surface area contributed by atoms with Crippen LogP contribution in [0.1, 0.15) is 12.6 Å². The molecule has 0 aliphatic rings. The number of allylic oxidation sites excluding steroid dienone is 1. The number of para-hydroxylation sites is 2. The number of nitrogens with zero attached hydrogens (tertiary/aromatic N) is 4. The molecule has 0 atom stereocenters. The molecule has 0 spiro atoms. The van der Waals surface area contributed by atoms with Gasteiger partial charge < -0.3 is 16.1 Å². The van der Waals surface area contributed by atoms with Gasteiger partial charge in [-0.2, -0.15) is 8.42 Å². The van der Waals surface area contributed by atoms with Crippen molar-refractivity contribution in [1.29, 1.82) is 0 Å². The summed E-state index contributed by atoms with van der Waals surface area (Å²) in [4.78, 5) is 14.5. The van der Waals surface area contributed by atoms with E-state index in [0.717, 1.165) is 5.69 Å². The number of benzene rings is 1. The molecular formula is C16H20N6O5S. The summed E-state index contributed by atoms with van der Waals surface area (Å²) in [6.07, 6.45) is 6.56. The number of aromatic nitrogens is 1. The largest absolute Gasteiger partial charge is 0.367 e. The minimum absolute atomic E-state index is 0.0292. The fraction of sp³-hybridized carbons (Fsp3) is 0.125. The Hall–Kier alpha value is -3.51. The third-order valence-electron chi connectivity index (χ3n) is 3.18. The zero-order valence-electron chi connectivity index (χ0n) is 14.9. The highest BCUT2D eigenvalue weighted by Gasteiger charge is 2.14. The van der Waals surface area contributed by atoms with Crippen molar-refractivity contribution in [3.05, 3.63) is 64.5 Å². The second-order valence-electron chi connectivity index (χ2n) is 5.04. The van der Waals surface area contributed by atoms with Gasteiger partial charge >= 0.3 is 0 Å². The van der Waals surface area contributed by atoms with Gasteiger partial charge in [-0.1, -0.05) is 12.1 Å². The zero-order chi connectivity index (χ0) is 21.2. The number of nitrogens with two attached hydrogens (primary N) is 2. The normalized spacial score (nSPS) is 12.1. The van der Waals surface area contributed by atoms with Gasteiger partial charge in [-0.25, -0.2) is 4.99 Å². The standard InChI is InChI=1S/C14H14N6O2.C2H6O3S/c15-14(18-16)17-9-3-5-11-6-4-10-19(11)12-7-1-2-8-13(12)20(21)22;1-2-6(3,4)5/h1-10H,16H2,(H2,15,18);2H2,1H3,(H,3,4,5). The monoisotopic (exact) mass is 408 g/mol. The molecule has 0 unspecified atom stereocenters. The maximum atomic E-state index is 11.1. The molecule has 1 aromatic carbocycles. The molecule has 12 heteroatoms. The molecule has 150 valence electrons. The molecule has 0 fully saturated rings. The molecule has 0 aliphatic carbocycles. The van der Waals surface area contributed by atoms with Crippen LogP contribution in [0.3, 0.4) is 0 Å². The van der Waals surface area contributed by atoms with Crippen molar-refractivity contribution in [1.82, 2.24) is 4.57 Å². The van der Waals surface area contributed by atoms with Crippen molar-refractivity contribution in [2.45, 2.75) is 6.92 Å². The quantitative estimate of drug-likeness (QED) is 0.168. The number of hydrogen-bond acceptors (Lipinski definition) is 6. The summed E-state index contributed by atoms with van der Waals surface area (Å²) in [5, 5.41) is 14.3. The van der Waals surface area contributed by atoms with Crippen molar-refractivity contribution in [3.8, 4) is 5.69 Å². The predicted octanol–water partition coefficient (Wildman–Crippen LogP) is 1.55. The molecule has 2 rings (SSSR count). The third-order valence-corrected chi connectivity index (χ3v) is 3.90. The van der Waals surface area contributed by atoms with Crippen molar-refractivity contribution in [2.24, 2.45) is 21.7 Å². The molecule has 2 aromatic rings. The van der Waals surface area contributed by atoms with E-state index in [9.17, 15) is 18.5 Å². The Morgan fingerprint density at radius 1 is 1.32 bits per heavy atom. The summed E-state index contributed by atoms with van der Waals surface area (Å²) in [5.41, 5.74) is 6.59. The maximum Gasteiger partial charge on any atom is 0.293 e. The van der Waals surface area contributed by atoms with E-state index in [0.29, 0.717) is 5.69 Å². The highest BCUT2D eigenvalue weighted by molar-refractivity contribution is 7.85. The van der Waals surface area contributed by atoms with Gasteiger partial charge in [0.25, 0.3) is 15.8 Å². The Morgan fingerprint density at radius 2 is 1.96 bits per heavy atom. The highest BCUT2D eigenvalue weighted by atomic mass is 32.2. The first kappa shape index (κ1) is 22.5. The maximum absolute atomic E-state index is 11.1. The van der Waals surface area contributed by atoms with Gasteiger partial charge in [0.05, 0.1) is 10.7 Å². The number of rotatable bonds is 5. The Morgan fingerprint density at radius 3 is 2.54 bits per heavy atom. The van der Waals surface area contributed by atoms with Gasteiger partial charge in [0, 0.05) is 24.2 Å². The second-order valence-corrected chi connectivity index (χ2v) is 6.79. The topological polar surface area (TPSA) is 179 Å². The highest BCUT2D eigenvalue weighted by Crippen LogP contribution is 2.24. The van der Waals surface area contributed by atoms with Crippen LogP contribution >= 0.6 is 0 Å². The second kappa shape index (κ2) is 10.6.